The van der Waals surface area contributed by atoms with Crippen LogP contribution in [-0.2, 0) is 24.2 Å². The highest BCUT2D eigenvalue weighted by Gasteiger charge is 2.30. The van der Waals surface area contributed by atoms with Gasteiger partial charge in [0.05, 0.1) is 18.2 Å². The van der Waals surface area contributed by atoms with E-state index in [4.69, 9.17) is 5.11 Å². The predicted molar refractivity (Wildman–Crippen MR) is 80.4 cm³/mol. The number of carboxylic acids is 1. The number of aromatic nitrogens is 1. The molecule has 0 aromatic carbocycles. The second kappa shape index (κ2) is 6.34. The van der Waals surface area contributed by atoms with Gasteiger partial charge in [-0.2, -0.15) is 0 Å². The van der Waals surface area contributed by atoms with Gasteiger partial charge in [-0.25, -0.2) is 4.79 Å². The van der Waals surface area contributed by atoms with Crippen molar-refractivity contribution in [2.45, 2.75) is 38.6 Å². The van der Waals surface area contributed by atoms with Gasteiger partial charge in [-0.15, -0.1) is 0 Å². The Bertz CT molecular complexity index is 588. The predicted octanol–water partition coefficient (Wildman–Crippen LogP) is 1.58. The molecular weight excluding hydrogens is 282 g/mol. The van der Waals surface area contributed by atoms with Gasteiger partial charge in [0.25, 0.3) is 0 Å². The zero-order chi connectivity index (χ0) is 15.5. The smallest absolute Gasteiger partial charge is 0.317 e. The van der Waals surface area contributed by atoms with E-state index in [1.807, 2.05) is 6.07 Å². The number of rotatable bonds is 3. The van der Waals surface area contributed by atoms with E-state index in [0.29, 0.717) is 26.1 Å². The van der Waals surface area contributed by atoms with Crippen molar-refractivity contribution in [3.63, 3.8) is 0 Å². The van der Waals surface area contributed by atoms with E-state index >= 15 is 0 Å². The maximum Gasteiger partial charge on any atom is 0.317 e. The van der Waals surface area contributed by atoms with E-state index in [9.17, 15) is 9.59 Å². The molecule has 1 unspecified atom stereocenters. The number of nitrogens with zero attached hydrogens (tertiary/aromatic N) is 2. The van der Waals surface area contributed by atoms with Crippen molar-refractivity contribution in [3.8, 4) is 0 Å². The third kappa shape index (κ3) is 3.21. The quantitative estimate of drug-likeness (QED) is 0.888. The van der Waals surface area contributed by atoms with Crippen LogP contribution in [0.15, 0.2) is 12.1 Å². The van der Waals surface area contributed by atoms with Crippen LogP contribution in [0.5, 0.6) is 0 Å². The summed E-state index contributed by atoms with van der Waals surface area (Å²) in [5.41, 5.74) is 3.35. The zero-order valence-corrected chi connectivity index (χ0v) is 12.5. The number of carboxylic acid groups (broad SMARTS) is 1. The number of carbonyl (C=O) groups excluding carboxylic acids is 1. The molecule has 1 aromatic heterocycles. The molecule has 2 heterocycles. The summed E-state index contributed by atoms with van der Waals surface area (Å²) in [7, 11) is 0. The van der Waals surface area contributed by atoms with Gasteiger partial charge in [0.1, 0.15) is 0 Å². The highest BCUT2D eigenvalue weighted by atomic mass is 16.4. The molecule has 2 amide bonds. The first-order valence-electron chi connectivity index (χ1n) is 7.87. The fourth-order valence-corrected chi connectivity index (χ4v) is 3.15. The zero-order valence-electron chi connectivity index (χ0n) is 12.5. The largest absolute Gasteiger partial charge is 0.481 e. The maximum absolute atomic E-state index is 12.1. The standard InChI is InChI=1S/C16H21N3O3/c20-15(21)12-7-8-19(10-12)16(22)17-9-13-6-5-11-3-1-2-4-14(11)18-13/h5-6,12H,1-4,7-10H2,(H,17,22)(H,20,21). The number of nitrogens with one attached hydrogen (secondary N) is 1. The first-order valence-corrected chi connectivity index (χ1v) is 7.87. The molecule has 1 atom stereocenters. The number of urea groups is 1. The summed E-state index contributed by atoms with van der Waals surface area (Å²) >= 11 is 0. The van der Waals surface area contributed by atoms with Crippen LogP contribution in [0.1, 0.15) is 36.2 Å². The minimum Gasteiger partial charge on any atom is -0.481 e. The summed E-state index contributed by atoms with van der Waals surface area (Å²) in [4.78, 5) is 29.2. The number of pyridine rings is 1. The lowest BCUT2D eigenvalue weighted by Gasteiger charge is -2.18. The molecule has 1 fully saturated rings. The van der Waals surface area contributed by atoms with Crippen LogP contribution in [0.4, 0.5) is 4.79 Å². The van der Waals surface area contributed by atoms with Gasteiger partial charge < -0.3 is 15.3 Å². The van der Waals surface area contributed by atoms with Gasteiger partial charge in [-0.3, -0.25) is 9.78 Å². The SMILES string of the molecule is O=C(O)C1CCN(C(=O)NCc2ccc3c(n2)CCCC3)C1. The van der Waals surface area contributed by atoms with Gasteiger partial charge in [0, 0.05) is 18.8 Å². The molecule has 22 heavy (non-hydrogen) atoms. The molecular formula is C16H21N3O3. The normalized spacial score (nSPS) is 20.5. The first kappa shape index (κ1) is 14.8. The van der Waals surface area contributed by atoms with Gasteiger partial charge in [-0.05, 0) is 43.7 Å². The van der Waals surface area contributed by atoms with Crippen molar-refractivity contribution in [3.05, 3.63) is 29.1 Å². The Balaban J connectivity index is 1.54. The molecule has 0 bridgehead atoms. The molecule has 0 spiro atoms. The van der Waals surface area contributed by atoms with Crippen LogP contribution in [0.3, 0.4) is 0 Å². The highest BCUT2D eigenvalue weighted by Crippen LogP contribution is 2.20. The highest BCUT2D eigenvalue weighted by molar-refractivity contribution is 5.77. The molecule has 1 aliphatic carbocycles. The second-order valence-electron chi connectivity index (χ2n) is 6.04. The molecule has 1 aliphatic heterocycles. The van der Waals surface area contributed by atoms with Crippen LogP contribution in [-0.4, -0.2) is 40.1 Å². The van der Waals surface area contributed by atoms with Crippen LogP contribution >= 0.6 is 0 Å². The topological polar surface area (TPSA) is 82.5 Å². The molecule has 2 aliphatic rings. The monoisotopic (exact) mass is 303 g/mol. The number of fused-ring (bicyclic) bond motifs is 1. The van der Waals surface area contributed by atoms with Crippen molar-refractivity contribution in [1.82, 2.24) is 15.2 Å². The summed E-state index contributed by atoms with van der Waals surface area (Å²) in [5, 5.41) is 11.8. The van der Waals surface area contributed by atoms with Gasteiger partial charge in [0.2, 0.25) is 0 Å². The second-order valence-corrected chi connectivity index (χ2v) is 6.04. The number of amides is 2. The van der Waals surface area contributed by atoms with E-state index in [0.717, 1.165) is 24.2 Å². The molecule has 0 saturated carbocycles. The lowest BCUT2D eigenvalue weighted by atomic mass is 9.96. The third-order valence-electron chi connectivity index (χ3n) is 4.48. The van der Waals surface area contributed by atoms with Gasteiger partial charge in [-0.1, -0.05) is 6.07 Å². The van der Waals surface area contributed by atoms with E-state index < -0.39 is 11.9 Å². The van der Waals surface area contributed by atoms with Crippen molar-refractivity contribution in [2.75, 3.05) is 13.1 Å². The van der Waals surface area contributed by atoms with E-state index in [1.165, 1.54) is 18.4 Å². The molecule has 6 nitrogen and oxygen atoms in total. The van der Waals surface area contributed by atoms with Crippen molar-refractivity contribution < 1.29 is 14.7 Å². The molecule has 2 N–H and O–H groups in total. The van der Waals surface area contributed by atoms with Gasteiger partial charge >= 0.3 is 12.0 Å². The van der Waals surface area contributed by atoms with Crippen molar-refractivity contribution >= 4 is 12.0 Å². The van der Waals surface area contributed by atoms with E-state index in [-0.39, 0.29) is 6.03 Å². The van der Waals surface area contributed by atoms with Crippen LogP contribution in [0.25, 0.3) is 0 Å². The number of aryl methyl sites for hydroxylation is 2. The Hall–Kier alpha value is -2.11. The van der Waals surface area contributed by atoms with Crippen LogP contribution in [0.2, 0.25) is 0 Å². The van der Waals surface area contributed by atoms with Crippen LogP contribution < -0.4 is 5.32 Å². The minimum atomic E-state index is -0.827. The number of likely N-dealkylation sites (tertiary alicyclic amines) is 1. The first-order chi connectivity index (χ1) is 10.6. The third-order valence-corrected chi connectivity index (χ3v) is 4.48. The number of aliphatic carboxylic acids is 1. The van der Waals surface area contributed by atoms with Crippen molar-refractivity contribution in [2.24, 2.45) is 5.92 Å². The molecule has 6 heteroatoms. The summed E-state index contributed by atoms with van der Waals surface area (Å²) in [5.74, 6) is -1.26. The lowest BCUT2D eigenvalue weighted by Crippen LogP contribution is -2.38. The summed E-state index contributed by atoms with van der Waals surface area (Å²) in [6.45, 7) is 1.18. The fraction of sp³-hybridized carbons (Fsp3) is 0.562. The Kier molecular flexibility index (Phi) is 4.27. The maximum atomic E-state index is 12.1. The summed E-state index contributed by atoms with van der Waals surface area (Å²) in [6, 6.07) is 3.87. The average molecular weight is 303 g/mol. The number of hydrogen-bond acceptors (Lipinski definition) is 3. The molecule has 1 saturated heterocycles. The Morgan fingerprint density at radius 3 is 2.91 bits per heavy atom. The van der Waals surface area contributed by atoms with E-state index in [2.05, 4.69) is 16.4 Å². The Labute approximate surface area is 129 Å². The Morgan fingerprint density at radius 1 is 1.32 bits per heavy atom. The summed E-state index contributed by atoms with van der Waals surface area (Å²) < 4.78 is 0. The summed E-state index contributed by atoms with van der Waals surface area (Å²) in [6.07, 6.45) is 5.05. The molecule has 1 aromatic rings. The number of carbonyl (C=O) groups is 2. The lowest BCUT2D eigenvalue weighted by molar-refractivity contribution is -0.141. The van der Waals surface area contributed by atoms with E-state index in [1.54, 1.807) is 4.90 Å². The minimum absolute atomic E-state index is 0.205. The molecule has 118 valence electrons. The fourth-order valence-electron chi connectivity index (χ4n) is 3.15. The average Bonchev–Trinajstić information content (AvgIpc) is 3.03. The Morgan fingerprint density at radius 2 is 2.14 bits per heavy atom. The number of hydrogen-bond donors (Lipinski definition) is 2. The molecule has 0 radical (unpaired) electrons. The van der Waals surface area contributed by atoms with Crippen LogP contribution in [0, 0.1) is 5.92 Å². The molecule has 3 rings (SSSR count). The van der Waals surface area contributed by atoms with Crippen molar-refractivity contribution in [1.29, 1.82) is 0 Å². The van der Waals surface area contributed by atoms with Gasteiger partial charge in [0.15, 0.2) is 0 Å².